The van der Waals surface area contributed by atoms with E-state index in [9.17, 15) is 0 Å². The van der Waals surface area contributed by atoms with Crippen molar-refractivity contribution in [3.05, 3.63) is 116 Å². The number of benzene rings is 1. The van der Waals surface area contributed by atoms with Crippen LogP contribution in [0.25, 0.3) is 11.2 Å². The molecule has 0 aliphatic heterocycles. The molecular formula is C21H18N3Y-. The summed E-state index contributed by atoms with van der Waals surface area (Å²) >= 11 is 0. The second kappa shape index (κ2) is 10.6. The van der Waals surface area contributed by atoms with Crippen molar-refractivity contribution < 1.29 is 32.7 Å². The molecule has 0 aliphatic carbocycles. The molecule has 1 aromatic carbocycles. The van der Waals surface area contributed by atoms with Crippen molar-refractivity contribution in [3.8, 4) is 0 Å². The van der Waals surface area contributed by atoms with Crippen LogP contribution in [-0.4, -0.2) is 13.8 Å². The number of imidazole rings is 1. The maximum Gasteiger partial charge on any atom is 0.136 e. The van der Waals surface area contributed by atoms with E-state index in [1.807, 2.05) is 95.9 Å². The average molecular weight is 401 g/mol. The van der Waals surface area contributed by atoms with Crippen LogP contribution < -0.4 is 0 Å². The number of aromatic nitrogens is 3. The van der Waals surface area contributed by atoms with E-state index in [1.54, 1.807) is 6.20 Å². The fourth-order valence-electron chi connectivity index (χ4n) is 2.19. The molecule has 0 amide bonds. The zero-order valence-electron chi connectivity index (χ0n) is 13.8. The van der Waals surface area contributed by atoms with Crippen molar-refractivity contribution in [1.29, 1.82) is 0 Å². The predicted molar refractivity (Wildman–Crippen MR) is 97.9 cm³/mol. The maximum absolute atomic E-state index is 4.08. The van der Waals surface area contributed by atoms with E-state index in [0.29, 0.717) is 0 Å². The van der Waals surface area contributed by atoms with Crippen molar-refractivity contribution in [2.24, 2.45) is 0 Å². The van der Waals surface area contributed by atoms with Crippen LogP contribution in [0.2, 0.25) is 0 Å². The van der Waals surface area contributed by atoms with Crippen LogP contribution in [-0.2, 0) is 32.7 Å². The van der Waals surface area contributed by atoms with Gasteiger partial charge in [-0.15, -0.1) is 0 Å². The normalized spacial score (nSPS) is 9.28. The van der Waals surface area contributed by atoms with Crippen LogP contribution in [0.4, 0.5) is 0 Å². The molecule has 4 aromatic heterocycles. The molecule has 5 rings (SSSR count). The van der Waals surface area contributed by atoms with Gasteiger partial charge in [0.2, 0.25) is 0 Å². The minimum atomic E-state index is 0. The molecule has 0 bridgehead atoms. The summed E-state index contributed by atoms with van der Waals surface area (Å²) in [4.78, 5) is 4.08. The largest absolute Gasteiger partial charge is 0.324 e. The first kappa shape index (κ1) is 19.1. The molecular weight excluding hydrogens is 383 g/mol. The van der Waals surface area contributed by atoms with Crippen molar-refractivity contribution in [1.82, 2.24) is 13.8 Å². The quantitative estimate of drug-likeness (QED) is 0.343. The van der Waals surface area contributed by atoms with Crippen LogP contribution in [0, 0.1) is 6.07 Å². The number of rotatable bonds is 0. The van der Waals surface area contributed by atoms with Gasteiger partial charge in [-0.1, -0.05) is 12.1 Å². The molecule has 4 heteroatoms. The van der Waals surface area contributed by atoms with Gasteiger partial charge in [-0.25, -0.2) is 4.98 Å². The Hall–Kier alpha value is -2.23. The molecule has 0 spiro atoms. The molecule has 0 aliphatic rings. The summed E-state index contributed by atoms with van der Waals surface area (Å²) in [5.74, 6) is 0. The molecule has 121 valence electrons. The monoisotopic (exact) mass is 401 g/mol. The molecule has 25 heavy (non-hydrogen) atoms. The molecule has 0 saturated carbocycles. The Labute approximate surface area is 172 Å². The van der Waals surface area contributed by atoms with Crippen molar-refractivity contribution in [2.45, 2.75) is 0 Å². The SMILES string of the molecule is [Y].[c-]1ccccc1.c1ccn2cccc2c1.c1ccn2ccnc2c1. The van der Waals surface area contributed by atoms with Gasteiger partial charge in [-0.05, 0) is 36.4 Å². The van der Waals surface area contributed by atoms with Crippen LogP contribution in [0.1, 0.15) is 0 Å². The number of nitrogens with zero attached hydrogens (tertiary/aromatic N) is 3. The van der Waals surface area contributed by atoms with Crippen molar-refractivity contribution in [2.75, 3.05) is 0 Å². The number of fused-ring (bicyclic) bond motifs is 2. The summed E-state index contributed by atoms with van der Waals surface area (Å²) in [6.07, 6.45) is 9.76. The van der Waals surface area contributed by atoms with E-state index in [1.165, 1.54) is 5.52 Å². The van der Waals surface area contributed by atoms with Gasteiger partial charge in [-0.3, -0.25) is 0 Å². The van der Waals surface area contributed by atoms with Gasteiger partial charge in [0.05, 0.1) is 0 Å². The smallest absolute Gasteiger partial charge is 0.136 e. The molecule has 0 unspecified atom stereocenters. The fourth-order valence-corrected chi connectivity index (χ4v) is 2.19. The summed E-state index contributed by atoms with van der Waals surface area (Å²) in [7, 11) is 0. The van der Waals surface area contributed by atoms with Gasteiger partial charge in [-0.2, -0.15) is 36.4 Å². The Morgan fingerprint density at radius 2 is 1.32 bits per heavy atom. The third-order valence-corrected chi connectivity index (χ3v) is 3.35. The molecule has 0 atom stereocenters. The Bertz CT molecular complexity index is 821. The molecule has 4 heterocycles. The Morgan fingerprint density at radius 3 is 1.96 bits per heavy atom. The molecule has 0 saturated heterocycles. The first-order chi connectivity index (χ1) is 11.9. The van der Waals surface area contributed by atoms with Crippen molar-refractivity contribution in [3.63, 3.8) is 0 Å². The summed E-state index contributed by atoms with van der Waals surface area (Å²) in [5.41, 5.74) is 2.25. The van der Waals surface area contributed by atoms with Crippen LogP contribution >= 0.6 is 0 Å². The first-order valence-electron chi connectivity index (χ1n) is 7.74. The second-order valence-corrected chi connectivity index (χ2v) is 5.01. The Kier molecular flexibility index (Phi) is 8.10. The molecule has 1 radical (unpaired) electrons. The Balaban J connectivity index is 0.000000136. The fraction of sp³-hybridized carbons (Fsp3) is 0. The molecule has 3 nitrogen and oxygen atoms in total. The molecule has 5 aromatic rings. The summed E-state index contributed by atoms with van der Waals surface area (Å²) in [5, 5.41) is 0. The van der Waals surface area contributed by atoms with Crippen LogP contribution in [0.3, 0.4) is 0 Å². The van der Waals surface area contributed by atoms with Gasteiger partial charge in [0, 0.05) is 69.2 Å². The van der Waals surface area contributed by atoms with Crippen LogP contribution in [0.15, 0.2) is 110 Å². The van der Waals surface area contributed by atoms with E-state index in [2.05, 4.69) is 27.6 Å². The molecule has 0 N–H and O–H groups in total. The van der Waals surface area contributed by atoms with Gasteiger partial charge >= 0.3 is 0 Å². The van der Waals surface area contributed by atoms with E-state index in [-0.39, 0.29) is 32.7 Å². The van der Waals surface area contributed by atoms with E-state index >= 15 is 0 Å². The number of pyridine rings is 2. The standard InChI is InChI=1S/C8H7N.C7H6N2.C6H5.Y/c1-2-6-9-7-3-5-8(9)4-1;1-2-5-9-6-4-8-7(9)3-1;1-2-4-6-5-3-1;/h1-7H;1-6H;1-5H;/q;;-1;. The predicted octanol–water partition coefficient (Wildman–Crippen LogP) is 4.76. The zero-order chi connectivity index (χ0) is 16.5. The summed E-state index contributed by atoms with van der Waals surface area (Å²) in [6.45, 7) is 0. The van der Waals surface area contributed by atoms with E-state index < -0.39 is 0 Å². The molecule has 0 fully saturated rings. The van der Waals surface area contributed by atoms with E-state index in [4.69, 9.17) is 0 Å². The zero-order valence-corrected chi connectivity index (χ0v) is 16.6. The minimum absolute atomic E-state index is 0. The van der Waals surface area contributed by atoms with Gasteiger partial charge < -0.3 is 8.80 Å². The third kappa shape index (κ3) is 5.97. The van der Waals surface area contributed by atoms with Gasteiger partial charge in [0.15, 0.2) is 0 Å². The second-order valence-electron chi connectivity index (χ2n) is 5.01. The number of hydrogen-bond acceptors (Lipinski definition) is 1. The van der Waals surface area contributed by atoms with Crippen LogP contribution in [0.5, 0.6) is 0 Å². The first-order valence-corrected chi connectivity index (χ1v) is 7.74. The summed E-state index contributed by atoms with van der Waals surface area (Å²) in [6, 6.07) is 28.7. The maximum atomic E-state index is 4.08. The minimum Gasteiger partial charge on any atom is -0.324 e. The summed E-state index contributed by atoms with van der Waals surface area (Å²) < 4.78 is 4.06. The third-order valence-electron chi connectivity index (χ3n) is 3.35. The van der Waals surface area contributed by atoms with E-state index in [0.717, 1.165) is 5.65 Å². The Morgan fingerprint density at radius 1 is 0.640 bits per heavy atom. The van der Waals surface area contributed by atoms with Gasteiger partial charge in [0.1, 0.15) is 5.65 Å². The average Bonchev–Trinajstić information content (AvgIpc) is 3.33. The number of hydrogen-bond donors (Lipinski definition) is 0. The van der Waals surface area contributed by atoms with Crippen molar-refractivity contribution >= 4 is 11.2 Å². The van der Waals surface area contributed by atoms with Gasteiger partial charge in [0.25, 0.3) is 0 Å². The topological polar surface area (TPSA) is 21.7 Å².